The second-order valence-electron chi connectivity index (χ2n) is 4.08. The summed E-state index contributed by atoms with van der Waals surface area (Å²) in [6, 6.07) is 7.94. The number of ether oxygens (including phenoxy) is 2. The van der Waals surface area contributed by atoms with E-state index in [-0.39, 0.29) is 0 Å². The minimum atomic E-state index is 0.563. The maximum absolute atomic E-state index is 5.57. The van der Waals surface area contributed by atoms with Gasteiger partial charge in [-0.25, -0.2) is 4.98 Å². The zero-order valence-electron chi connectivity index (χ0n) is 11.2. The molecule has 2 rings (SSSR count). The summed E-state index contributed by atoms with van der Waals surface area (Å²) in [5, 5.41) is 3.38. The van der Waals surface area contributed by atoms with Crippen LogP contribution in [0.15, 0.2) is 29.8 Å². The van der Waals surface area contributed by atoms with Gasteiger partial charge in [-0.3, -0.25) is 0 Å². The highest BCUT2D eigenvalue weighted by Gasteiger charge is 2.02. The molecule has 4 nitrogen and oxygen atoms in total. The fourth-order valence-corrected chi connectivity index (χ4v) is 2.33. The largest absolute Gasteiger partial charge is 0.491 e. The zero-order valence-corrected chi connectivity index (χ0v) is 12.0. The quantitative estimate of drug-likeness (QED) is 0.790. The Balaban J connectivity index is 1.90. The van der Waals surface area contributed by atoms with Crippen LogP contribution in [0.5, 0.6) is 5.75 Å². The predicted octanol–water partition coefficient (Wildman–Crippen LogP) is 3.09. The number of rotatable bonds is 7. The van der Waals surface area contributed by atoms with Crippen LogP contribution in [-0.2, 0) is 11.3 Å². The van der Waals surface area contributed by atoms with Crippen molar-refractivity contribution in [3.8, 4) is 5.75 Å². The van der Waals surface area contributed by atoms with Crippen LogP contribution in [0.25, 0.3) is 0 Å². The van der Waals surface area contributed by atoms with Gasteiger partial charge in [0.1, 0.15) is 12.4 Å². The van der Waals surface area contributed by atoms with E-state index in [0.717, 1.165) is 23.7 Å². The molecule has 2 aromatic rings. The number of hydrogen-bond acceptors (Lipinski definition) is 5. The minimum absolute atomic E-state index is 0.563. The molecular formula is C14H18N2O2S. The number of benzene rings is 1. The molecule has 0 saturated carbocycles. The van der Waals surface area contributed by atoms with Gasteiger partial charge in [-0.05, 0) is 19.1 Å². The lowest BCUT2D eigenvalue weighted by molar-refractivity contribution is 0.146. The number of hydrogen-bond donors (Lipinski definition) is 1. The molecule has 0 aliphatic heterocycles. The molecule has 0 bridgehead atoms. The molecule has 0 fully saturated rings. The van der Waals surface area contributed by atoms with Gasteiger partial charge in [-0.2, -0.15) is 0 Å². The second kappa shape index (κ2) is 7.11. The van der Waals surface area contributed by atoms with Crippen molar-refractivity contribution >= 4 is 17.0 Å². The van der Waals surface area contributed by atoms with E-state index < -0.39 is 0 Å². The number of aromatic nitrogens is 1. The predicted molar refractivity (Wildman–Crippen MR) is 78.0 cm³/mol. The molecular weight excluding hydrogens is 260 g/mol. The van der Waals surface area contributed by atoms with Crippen molar-refractivity contribution < 1.29 is 9.47 Å². The van der Waals surface area contributed by atoms with E-state index in [0.29, 0.717) is 13.2 Å². The molecule has 0 saturated heterocycles. The first kappa shape index (κ1) is 13.8. The number of methoxy groups -OCH3 is 1. The second-order valence-corrected chi connectivity index (χ2v) is 5.02. The van der Waals surface area contributed by atoms with Gasteiger partial charge >= 0.3 is 0 Å². The van der Waals surface area contributed by atoms with Crippen LogP contribution in [0.2, 0.25) is 0 Å². The molecule has 1 heterocycles. The van der Waals surface area contributed by atoms with Gasteiger partial charge in [-0.15, -0.1) is 11.3 Å². The molecule has 0 amide bonds. The Morgan fingerprint density at radius 3 is 2.95 bits per heavy atom. The summed E-state index contributed by atoms with van der Waals surface area (Å²) in [5.74, 6) is 0.850. The average molecular weight is 278 g/mol. The number of anilines is 1. The van der Waals surface area contributed by atoms with Gasteiger partial charge in [0.2, 0.25) is 0 Å². The molecule has 0 radical (unpaired) electrons. The third kappa shape index (κ3) is 4.22. The summed E-state index contributed by atoms with van der Waals surface area (Å²) in [6.45, 7) is 3.97. The summed E-state index contributed by atoms with van der Waals surface area (Å²) in [7, 11) is 1.67. The van der Waals surface area contributed by atoms with Crippen molar-refractivity contribution in [1.82, 2.24) is 4.98 Å². The lowest BCUT2D eigenvalue weighted by Crippen LogP contribution is -2.05. The normalized spacial score (nSPS) is 10.4. The highest BCUT2D eigenvalue weighted by molar-refractivity contribution is 7.09. The minimum Gasteiger partial charge on any atom is -0.491 e. The Morgan fingerprint density at radius 1 is 1.32 bits per heavy atom. The van der Waals surface area contributed by atoms with Crippen LogP contribution in [-0.4, -0.2) is 25.3 Å². The van der Waals surface area contributed by atoms with Crippen molar-refractivity contribution in [1.29, 1.82) is 0 Å². The molecule has 1 N–H and O–H groups in total. The van der Waals surface area contributed by atoms with Crippen molar-refractivity contribution in [3.63, 3.8) is 0 Å². The standard InChI is InChI=1S/C14H18N2O2S/c1-11-14(19-10-16-11)9-15-12-4-3-5-13(8-12)18-7-6-17-2/h3-5,8,10,15H,6-7,9H2,1-2H3. The summed E-state index contributed by atoms with van der Waals surface area (Å²) in [5.41, 5.74) is 4.00. The van der Waals surface area contributed by atoms with E-state index in [1.165, 1.54) is 4.88 Å². The first-order valence-electron chi connectivity index (χ1n) is 6.14. The molecule has 0 spiro atoms. The third-order valence-electron chi connectivity index (χ3n) is 2.69. The highest BCUT2D eigenvalue weighted by Crippen LogP contribution is 2.19. The molecule has 19 heavy (non-hydrogen) atoms. The molecule has 0 atom stereocenters. The number of nitrogens with one attached hydrogen (secondary N) is 1. The Morgan fingerprint density at radius 2 is 2.21 bits per heavy atom. The van der Waals surface area contributed by atoms with Crippen molar-refractivity contribution in [2.24, 2.45) is 0 Å². The van der Waals surface area contributed by atoms with Gasteiger partial charge in [0, 0.05) is 23.7 Å². The van der Waals surface area contributed by atoms with E-state index in [2.05, 4.69) is 10.3 Å². The van der Waals surface area contributed by atoms with Crippen LogP contribution in [0.4, 0.5) is 5.69 Å². The summed E-state index contributed by atoms with van der Waals surface area (Å²) < 4.78 is 10.5. The average Bonchev–Trinajstić information content (AvgIpc) is 2.83. The third-order valence-corrected chi connectivity index (χ3v) is 3.62. The molecule has 5 heteroatoms. The van der Waals surface area contributed by atoms with Crippen LogP contribution < -0.4 is 10.1 Å². The van der Waals surface area contributed by atoms with Crippen LogP contribution in [0.3, 0.4) is 0 Å². The van der Waals surface area contributed by atoms with Crippen molar-refractivity contribution in [2.75, 3.05) is 25.6 Å². The Labute approximate surface area is 117 Å². The maximum atomic E-state index is 5.57. The van der Waals surface area contributed by atoms with Gasteiger partial charge < -0.3 is 14.8 Å². The van der Waals surface area contributed by atoms with Gasteiger partial charge in [0.05, 0.1) is 24.4 Å². The lowest BCUT2D eigenvalue weighted by Gasteiger charge is -2.09. The molecule has 0 aliphatic rings. The topological polar surface area (TPSA) is 43.4 Å². The van der Waals surface area contributed by atoms with Crippen LogP contribution in [0.1, 0.15) is 10.6 Å². The van der Waals surface area contributed by atoms with E-state index in [4.69, 9.17) is 9.47 Å². The van der Waals surface area contributed by atoms with Gasteiger partial charge in [-0.1, -0.05) is 6.07 Å². The monoisotopic (exact) mass is 278 g/mol. The Bertz CT molecular complexity index is 514. The molecule has 0 aliphatic carbocycles. The van der Waals surface area contributed by atoms with E-state index in [1.807, 2.05) is 36.7 Å². The van der Waals surface area contributed by atoms with E-state index in [1.54, 1.807) is 18.4 Å². The fraction of sp³-hybridized carbons (Fsp3) is 0.357. The smallest absolute Gasteiger partial charge is 0.121 e. The Kier molecular flexibility index (Phi) is 5.18. The molecule has 102 valence electrons. The fourth-order valence-electron chi connectivity index (χ4n) is 1.62. The SMILES string of the molecule is COCCOc1cccc(NCc2scnc2C)c1. The van der Waals surface area contributed by atoms with Crippen molar-refractivity contribution in [2.45, 2.75) is 13.5 Å². The summed E-state index contributed by atoms with van der Waals surface area (Å²) in [6.07, 6.45) is 0. The van der Waals surface area contributed by atoms with Crippen LogP contribution >= 0.6 is 11.3 Å². The zero-order chi connectivity index (χ0) is 13.5. The summed E-state index contributed by atoms with van der Waals surface area (Å²) >= 11 is 1.67. The van der Waals surface area contributed by atoms with Crippen molar-refractivity contribution in [3.05, 3.63) is 40.3 Å². The Hall–Kier alpha value is -1.59. The highest BCUT2D eigenvalue weighted by atomic mass is 32.1. The first-order chi connectivity index (χ1) is 9.29. The van der Waals surface area contributed by atoms with E-state index in [9.17, 15) is 0 Å². The van der Waals surface area contributed by atoms with Crippen LogP contribution in [0, 0.1) is 6.92 Å². The molecule has 1 aromatic heterocycles. The lowest BCUT2D eigenvalue weighted by atomic mass is 10.3. The number of thiazole rings is 1. The summed E-state index contributed by atoms with van der Waals surface area (Å²) in [4.78, 5) is 5.49. The van der Waals surface area contributed by atoms with E-state index >= 15 is 0 Å². The van der Waals surface area contributed by atoms with Gasteiger partial charge in [0.25, 0.3) is 0 Å². The number of nitrogens with zero attached hydrogens (tertiary/aromatic N) is 1. The molecule has 0 unspecified atom stereocenters. The maximum Gasteiger partial charge on any atom is 0.121 e. The molecule has 1 aromatic carbocycles. The first-order valence-corrected chi connectivity index (χ1v) is 7.02. The number of aryl methyl sites for hydroxylation is 1. The van der Waals surface area contributed by atoms with Gasteiger partial charge in [0.15, 0.2) is 0 Å².